The van der Waals surface area contributed by atoms with Crippen LogP contribution in [0.3, 0.4) is 0 Å². The van der Waals surface area contributed by atoms with E-state index in [0.717, 1.165) is 17.4 Å². The van der Waals surface area contributed by atoms with Gasteiger partial charge in [0.2, 0.25) is 0 Å². The minimum absolute atomic E-state index is 0.731. The molecule has 3 unspecified atom stereocenters. The summed E-state index contributed by atoms with van der Waals surface area (Å²) in [7, 11) is -0.740. The lowest BCUT2D eigenvalue weighted by molar-refractivity contribution is 0.163. The van der Waals surface area contributed by atoms with Gasteiger partial charge in [0.05, 0.1) is 0 Å². The molecule has 0 N–H and O–H groups in total. The summed E-state index contributed by atoms with van der Waals surface area (Å²) in [5.41, 5.74) is 0.731. The molecule has 0 saturated heterocycles. The van der Waals surface area contributed by atoms with Crippen LogP contribution in [0, 0.1) is 11.8 Å². The third kappa shape index (κ3) is 2.58. The molecule has 0 heterocycles. The number of hydrogen-bond donors (Lipinski definition) is 0. The van der Waals surface area contributed by atoms with Gasteiger partial charge in [0.1, 0.15) is 0 Å². The number of hydrogen-bond acceptors (Lipinski definition) is 3. The highest BCUT2D eigenvalue weighted by atomic mass is 28.5. The zero-order valence-electron chi connectivity index (χ0n) is 11.5. The minimum Gasteiger partial charge on any atom is -0.415 e. The Balaban J connectivity index is 2.06. The van der Waals surface area contributed by atoms with Crippen molar-refractivity contribution in [1.82, 2.24) is 0 Å². The summed E-state index contributed by atoms with van der Waals surface area (Å²) < 4.78 is 17.3. The van der Waals surface area contributed by atoms with Crippen molar-refractivity contribution in [3.05, 3.63) is 12.2 Å². The van der Waals surface area contributed by atoms with Crippen LogP contribution in [-0.4, -0.2) is 31.3 Å². The molecule has 3 nitrogen and oxygen atoms in total. The second kappa shape index (κ2) is 4.62. The highest BCUT2D eigenvalue weighted by Gasteiger charge is 2.50. The van der Waals surface area contributed by atoms with Crippen LogP contribution in [0.1, 0.15) is 12.8 Å². The summed E-state index contributed by atoms with van der Waals surface area (Å²) >= 11 is 0. The van der Waals surface area contributed by atoms with Crippen molar-refractivity contribution in [2.45, 2.75) is 38.0 Å². The Hall–Kier alpha value is 0.0538. The molecule has 2 rings (SSSR count). The zero-order chi connectivity index (χ0) is 12.7. The Labute approximate surface area is 107 Å². The second-order valence-corrected chi connectivity index (χ2v) is 13.2. The number of rotatable bonds is 5. The molecule has 0 amide bonds. The zero-order valence-corrected chi connectivity index (χ0v) is 13.5. The van der Waals surface area contributed by atoms with Gasteiger partial charge in [0.25, 0.3) is 0 Å². The van der Waals surface area contributed by atoms with Crippen LogP contribution in [0.2, 0.25) is 25.2 Å². The van der Waals surface area contributed by atoms with Crippen LogP contribution in [0.15, 0.2) is 12.2 Å². The summed E-state index contributed by atoms with van der Waals surface area (Å²) in [6.07, 6.45) is 7.42. The van der Waals surface area contributed by atoms with E-state index in [9.17, 15) is 0 Å². The predicted octanol–water partition coefficient (Wildman–Crippen LogP) is 3.04. The van der Waals surface area contributed by atoms with Crippen LogP contribution < -0.4 is 0 Å². The van der Waals surface area contributed by atoms with Crippen LogP contribution in [0.4, 0.5) is 0 Å². The van der Waals surface area contributed by atoms with Crippen LogP contribution in [-0.2, 0) is 13.0 Å². The summed E-state index contributed by atoms with van der Waals surface area (Å²) in [5, 5.41) is 0. The van der Waals surface area contributed by atoms with E-state index in [1.165, 1.54) is 12.8 Å². The van der Waals surface area contributed by atoms with Gasteiger partial charge in [-0.1, -0.05) is 12.2 Å². The van der Waals surface area contributed by atoms with Gasteiger partial charge in [-0.05, 0) is 43.3 Å². The largest absolute Gasteiger partial charge is 0.486 e. The first-order chi connectivity index (χ1) is 7.90. The molecule has 1 fully saturated rings. The fourth-order valence-electron chi connectivity index (χ4n) is 3.30. The molecular weight excluding hydrogens is 248 g/mol. The smallest absolute Gasteiger partial charge is 0.415 e. The van der Waals surface area contributed by atoms with E-state index in [2.05, 4.69) is 25.2 Å². The van der Waals surface area contributed by atoms with E-state index < -0.39 is 17.1 Å². The summed E-state index contributed by atoms with van der Waals surface area (Å²) in [6, 6.07) is 0. The van der Waals surface area contributed by atoms with Gasteiger partial charge >= 0.3 is 8.80 Å². The quantitative estimate of drug-likeness (QED) is 0.569. The van der Waals surface area contributed by atoms with Crippen molar-refractivity contribution in [2.24, 2.45) is 11.8 Å². The lowest BCUT2D eigenvalue weighted by Gasteiger charge is -2.38. The van der Waals surface area contributed by atoms with E-state index in [-0.39, 0.29) is 0 Å². The molecule has 98 valence electrons. The molecular formula is C12H24O3Si2. The fraction of sp³-hybridized carbons (Fsp3) is 0.833. The van der Waals surface area contributed by atoms with Gasteiger partial charge in [-0.15, -0.1) is 0 Å². The Kier molecular flexibility index (Phi) is 3.67. The standard InChI is InChI=1S/C12H24O3Si2/c1-13-17(5,14-2)15-16(3,4)12-9-10-6-7-11(12)8-10/h6-7,10-12H,8-9H2,1-5H3. The van der Waals surface area contributed by atoms with E-state index in [0.29, 0.717) is 0 Å². The molecule has 1 saturated carbocycles. The van der Waals surface area contributed by atoms with Crippen LogP contribution in [0.25, 0.3) is 0 Å². The van der Waals surface area contributed by atoms with Crippen LogP contribution in [0.5, 0.6) is 0 Å². The lowest BCUT2D eigenvalue weighted by atomic mass is 10.1. The highest BCUT2D eigenvalue weighted by Crippen LogP contribution is 2.52. The fourth-order valence-corrected chi connectivity index (χ4v) is 10.7. The van der Waals surface area contributed by atoms with E-state index in [4.69, 9.17) is 13.0 Å². The van der Waals surface area contributed by atoms with Gasteiger partial charge < -0.3 is 13.0 Å². The van der Waals surface area contributed by atoms with Gasteiger partial charge in [0.15, 0.2) is 8.32 Å². The maximum absolute atomic E-state index is 6.36. The Morgan fingerprint density at radius 1 is 1.00 bits per heavy atom. The van der Waals surface area contributed by atoms with Crippen molar-refractivity contribution in [3.63, 3.8) is 0 Å². The molecule has 17 heavy (non-hydrogen) atoms. The molecule has 2 aliphatic rings. The molecule has 0 spiro atoms. The minimum atomic E-state index is -2.39. The van der Waals surface area contributed by atoms with Crippen molar-refractivity contribution in [2.75, 3.05) is 14.2 Å². The first-order valence-corrected chi connectivity index (χ1v) is 11.6. The van der Waals surface area contributed by atoms with Gasteiger partial charge in [-0.2, -0.15) is 0 Å². The highest BCUT2D eigenvalue weighted by molar-refractivity contribution is 6.81. The molecule has 3 atom stereocenters. The normalized spacial score (nSPS) is 32.4. The Morgan fingerprint density at radius 3 is 2.06 bits per heavy atom. The van der Waals surface area contributed by atoms with Gasteiger partial charge in [-0.3, -0.25) is 0 Å². The average Bonchev–Trinajstić information content (AvgIpc) is 2.90. The number of allylic oxidation sites excluding steroid dienone is 2. The SMILES string of the molecule is CO[Si](C)(OC)O[Si](C)(C)C1CC2C=CC1C2. The van der Waals surface area contributed by atoms with Gasteiger partial charge in [-0.25, -0.2) is 0 Å². The molecule has 2 aliphatic carbocycles. The molecule has 2 bridgehead atoms. The molecule has 0 aromatic heterocycles. The maximum Gasteiger partial charge on any atom is 0.486 e. The average molecular weight is 272 g/mol. The summed E-state index contributed by atoms with van der Waals surface area (Å²) in [4.78, 5) is 0. The van der Waals surface area contributed by atoms with Gasteiger partial charge in [0, 0.05) is 20.8 Å². The molecule has 0 aromatic rings. The first-order valence-electron chi connectivity index (χ1n) is 6.39. The first kappa shape index (κ1) is 13.5. The predicted molar refractivity (Wildman–Crippen MR) is 73.3 cm³/mol. The van der Waals surface area contributed by atoms with E-state index in [1.807, 2.05) is 6.55 Å². The van der Waals surface area contributed by atoms with E-state index >= 15 is 0 Å². The van der Waals surface area contributed by atoms with Crippen LogP contribution >= 0.6 is 0 Å². The monoisotopic (exact) mass is 272 g/mol. The maximum atomic E-state index is 6.36. The lowest BCUT2D eigenvalue weighted by Crippen LogP contribution is -2.52. The molecule has 0 aromatic carbocycles. The number of fused-ring (bicyclic) bond motifs is 2. The molecule has 0 aliphatic heterocycles. The topological polar surface area (TPSA) is 27.7 Å². The van der Waals surface area contributed by atoms with Crippen molar-refractivity contribution in [3.8, 4) is 0 Å². The summed E-state index contributed by atoms with van der Waals surface area (Å²) in [6.45, 7) is 6.62. The third-order valence-corrected chi connectivity index (χ3v) is 11.9. The second-order valence-electron chi connectivity index (χ2n) is 5.86. The Morgan fingerprint density at radius 2 is 1.65 bits per heavy atom. The van der Waals surface area contributed by atoms with E-state index in [1.54, 1.807) is 14.2 Å². The Bertz CT molecular complexity index is 313. The van der Waals surface area contributed by atoms with Crippen molar-refractivity contribution < 1.29 is 13.0 Å². The van der Waals surface area contributed by atoms with Crippen molar-refractivity contribution >= 4 is 17.1 Å². The van der Waals surface area contributed by atoms with Crippen molar-refractivity contribution in [1.29, 1.82) is 0 Å². The molecule has 0 radical (unpaired) electrons. The third-order valence-electron chi connectivity index (χ3n) is 4.36. The summed E-state index contributed by atoms with van der Waals surface area (Å²) in [5.74, 6) is 1.55. The molecule has 5 heteroatoms.